The fraction of sp³-hybridized carbons (Fsp3) is 0.400. The SMILES string of the molecule is Cc1cc(C)c(Nc2ccc(C(=O)NCCN3CCOCC3)nc2)c(Cl)c1. The first-order valence-corrected chi connectivity index (χ1v) is 9.49. The number of benzene rings is 1. The Morgan fingerprint density at radius 1 is 1.26 bits per heavy atom. The zero-order valence-electron chi connectivity index (χ0n) is 15.7. The van der Waals surface area contributed by atoms with Gasteiger partial charge in [0.25, 0.3) is 5.91 Å². The van der Waals surface area contributed by atoms with Crippen molar-refractivity contribution < 1.29 is 9.53 Å². The van der Waals surface area contributed by atoms with E-state index in [1.807, 2.05) is 26.0 Å². The van der Waals surface area contributed by atoms with Gasteiger partial charge in [-0.3, -0.25) is 9.69 Å². The Morgan fingerprint density at radius 2 is 2.04 bits per heavy atom. The first-order valence-electron chi connectivity index (χ1n) is 9.11. The molecule has 27 heavy (non-hydrogen) atoms. The van der Waals surface area contributed by atoms with Gasteiger partial charge in [-0.2, -0.15) is 0 Å². The number of aryl methyl sites for hydroxylation is 2. The summed E-state index contributed by atoms with van der Waals surface area (Å²) in [5.74, 6) is -0.167. The van der Waals surface area contributed by atoms with Crippen molar-refractivity contribution >= 4 is 28.9 Å². The van der Waals surface area contributed by atoms with E-state index in [1.165, 1.54) is 0 Å². The molecule has 0 unspecified atom stereocenters. The lowest BCUT2D eigenvalue weighted by molar-refractivity contribution is 0.0383. The van der Waals surface area contributed by atoms with Gasteiger partial charge in [-0.1, -0.05) is 17.7 Å². The van der Waals surface area contributed by atoms with E-state index < -0.39 is 0 Å². The number of halogens is 1. The molecule has 7 heteroatoms. The topological polar surface area (TPSA) is 66.5 Å². The Bertz CT molecular complexity index is 766. The van der Waals surface area contributed by atoms with Gasteiger partial charge in [0.15, 0.2) is 0 Å². The summed E-state index contributed by atoms with van der Waals surface area (Å²) in [6, 6.07) is 7.53. The van der Waals surface area contributed by atoms with Gasteiger partial charge in [-0.15, -0.1) is 0 Å². The first-order chi connectivity index (χ1) is 13.0. The molecule has 2 heterocycles. The van der Waals surface area contributed by atoms with Crippen LogP contribution in [0.4, 0.5) is 11.4 Å². The normalized spacial score (nSPS) is 14.8. The van der Waals surface area contributed by atoms with E-state index in [0.29, 0.717) is 17.3 Å². The number of amides is 1. The van der Waals surface area contributed by atoms with Crippen LogP contribution in [-0.4, -0.2) is 55.2 Å². The lowest BCUT2D eigenvalue weighted by Crippen LogP contribution is -2.41. The van der Waals surface area contributed by atoms with E-state index in [2.05, 4.69) is 26.6 Å². The Labute approximate surface area is 164 Å². The minimum atomic E-state index is -0.167. The molecule has 1 aromatic heterocycles. The highest BCUT2D eigenvalue weighted by atomic mass is 35.5. The molecule has 0 spiro atoms. The smallest absolute Gasteiger partial charge is 0.269 e. The van der Waals surface area contributed by atoms with Crippen molar-refractivity contribution in [1.82, 2.24) is 15.2 Å². The molecule has 2 N–H and O–H groups in total. The second-order valence-corrected chi connectivity index (χ2v) is 7.11. The van der Waals surface area contributed by atoms with Gasteiger partial charge in [-0.25, -0.2) is 4.98 Å². The van der Waals surface area contributed by atoms with E-state index in [4.69, 9.17) is 16.3 Å². The van der Waals surface area contributed by atoms with Crippen molar-refractivity contribution in [2.45, 2.75) is 13.8 Å². The molecule has 2 aromatic rings. The number of rotatable bonds is 6. The maximum atomic E-state index is 12.2. The third kappa shape index (κ3) is 5.42. The number of nitrogens with one attached hydrogen (secondary N) is 2. The number of morpholine rings is 1. The average Bonchev–Trinajstić information content (AvgIpc) is 2.66. The van der Waals surface area contributed by atoms with Crippen LogP contribution in [0.5, 0.6) is 0 Å². The van der Waals surface area contributed by atoms with Crippen LogP contribution in [0.25, 0.3) is 0 Å². The van der Waals surface area contributed by atoms with Crippen LogP contribution in [0.3, 0.4) is 0 Å². The van der Waals surface area contributed by atoms with E-state index in [0.717, 1.165) is 55.3 Å². The molecule has 1 fully saturated rings. The molecular weight excluding hydrogens is 364 g/mol. The molecule has 3 rings (SSSR count). The summed E-state index contributed by atoms with van der Waals surface area (Å²) in [7, 11) is 0. The predicted octanol–water partition coefficient (Wildman–Crippen LogP) is 3.16. The summed E-state index contributed by atoms with van der Waals surface area (Å²) in [4.78, 5) is 18.8. The molecule has 1 aliphatic heterocycles. The largest absolute Gasteiger partial charge is 0.379 e. The molecule has 1 aromatic carbocycles. The number of hydrogen-bond donors (Lipinski definition) is 2. The fourth-order valence-electron chi connectivity index (χ4n) is 3.06. The minimum absolute atomic E-state index is 0.167. The molecule has 0 bridgehead atoms. The number of nitrogens with zero attached hydrogens (tertiary/aromatic N) is 2. The second kappa shape index (κ2) is 9.17. The van der Waals surface area contributed by atoms with E-state index in [1.54, 1.807) is 12.3 Å². The zero-order chi connectivity index (χ0) is 19.2. The van der Waals surface area contributed by atoms with Gasteiger partial charge in [0.05, 0.1) is 35.8 Å². The van der Waals surface area contributed by atoms with Gasteiger partial charge in [0.1, 0.15) is 5.69 Å². The third-order valence-corrected chi connectivity index (χ3v) is 4.81. The van der Waals surface area contributed by atoms with Gasteiger partial charge >= 0.3 is 0 Å². The molecule has 144 valence electrons. The predicted molar refractivity (Wildman–Crippen MR) is 108 cm³/mol. The van der Waals surface area contributed by atoms with E-state index in [9.17, 15) is 4.79 Å². The number of ether oxygens (including phenoxy) is 1. The standard InChI is InChI=1S/C20H25ClN4O2/c1-14-11-15(2)19(17(21)12-14)24-16-3-4-18(23-13-16)20(26)22-5-6-25-7-9-27-10-8-25/h3-4,11-13,24H,5-10H2,1-2H3,(H,22,26). The quantitative estimate of drug-likeness (QED) is 0.795. The fourth-order valence-corrected chi connectivity index (χ4v) is 3.43. The van der Waals surface area contributed by atoms with Crippen LogP contribution >= 0.6 is 11.6 Å². The zero-order valence-corrected chi connectivity index (χ0v) is 16.5. The highest BCUT2D eigenvalue weighted by molar-refractivity contribution is 6.33. The third-order valence-electron chi connectivity index (χ3n) is 4.51. The van der Waals surface area contributed by atoms with Crippen molar-refractivity contribution in [3.63, 3.8) is 0 Å². The molecular formula is C20H25ClN4O2. The highest BCUT2D eigenvalue weighted by Gasteiger charge is 2.12. The van der Waals surface area contributed by atoms with Crippen molar-refractivity contribution in [2.75, 3.05) is 44.7 Å². The summed E-state index contributed by atoms with van der Waals surface area (Å²) in [5.41, 5.74) is 4.21. The number of carbonyl (C=O) groups excluding carboxylic acids is 1. The van der Waals surface area contributed by atoms with Gasteiger partial charge in [0, 0.05) is 26.2 Å². The second-order valence-electron chi connectivity index (χ2n) is 6.71. The summed E-state index contributed by atoms with van der Waals surface area (Å²) in [5, 5.41) is 6.85. The maximum Gasteiger partial charge on any atom is 0.269 e. The Kier molecular flexibility index (Phi) is 6.66. The van der Waals surface area contributed by atoms with Crippen molar-refractivity contribution in [3.8, 4) is 0 Å². The minimum Gasteiger partial charge on any atom is -0.379 e. The van der Waals surface area contributed by atoms with Crippen LogP contribution in [-0.2, 0) is 4.74 Å². The molecule has 6 nitrogen and oxygen atoms in total. The van der Waals surface area contributed by atoms with Crippen LogP contribution < -0.4 is 10.6 Å². The molecule has 0 aliphatic carbocycles. The number of carbonyl (C=O) groups is 1. The molecule has 0 radical (unpaired) electrons. The monoisotopic (exact) mass is 388 g/mol. The summed E-state index contributed by atoms with van der Waals surface area (Å²) in [6.07, 6.45) is 1.65. The number of pyridine rings is 1. The highest BCUT2D eigenvalue weighted by Crippen LogP contribution is 2.30. The van der Waals surface area contributed by atoms with Gasteiger partial charge in [-0.05, 0) is 43.2 Å². The van der Waals surface area contributed by atoms with Crippen molar-refractivity contribution in [1.29, 1.82) is 0 Å². The average molecular weight is 389 g/mol. The summed E-state index contributed by atoms with van der Waals surface area (Å²) >= 11 is 6.33. The number of aromatic nitrogens is 1. The Balaban J connectivity index is 1.54. The van der Waals surface area contributed by atoms with Gasteiger partial charge < -0.3 is 15.4 Å². The number of hydrogen-bond acceptors (Lipinski definition) is 5. The number of anilines is 2. The lowest BCUT2D eigenvalue weighted by atomic mass is 10.1. The van der Waals surface area contributed by atoms with Crippen LogP contribution in [0.1, 0.15) is 21.6 Å². The van der Waals surface area contributed by atoms with Crippen molar-refractivity contribution in [2.24, 2.45) is 0 Å². The van der Waals surface area contributed by atoms with Crippen LogP contribution in [0.15, 0.2) is 30.5 Å². The molecule has 1 saturated heterocycles. The van der Waals surface area contributed by atoms with Crippen LogP contribution in [0, 0.1) is 13.8 Å². The Morgan fingerprint density at radius 3 is 2.70 bits per heavy atom. The van der Waals surface area contributed by atoms with Crippen molar-refractivity contribution in [3.05, 3.63) is 52.3 Å². The van der Waals surface area contributed by atoms with E-state index >= 15 is 0 Å². The molecule has 0 atom stereocenters. The molecule has 0 saturated carbocycles. The van der Waals surface area contributed by atoms with E-state index in [-0.39, 0.29) is 5.91 Å². The summed E-state index contributed by atoms with van der Waals surface area (Å²) < 4.78 is 5.32. The summed E-state index contributed by atoms with van der Waals surface area (Å²) in [6.45, 7) is 8.77. The first kappa shape index (κ1) is 19.6. The molecule has 1 amide bonds. The maximum absolute atomic E-state index is 12.2. The Hall–Kier alpha value is -2.15. The lowest BCUT2D eigenvalue weighted by Gasteiger charge is -2.26. The van der Waals surface area contributed by atoms with Crippen LogP contribution in [0.2, 0.25) is 5.02 Å². The molecule has 1 aliphatic rings. The van der Waals surface area contributed by atoms with Gasteiger partial charge in [0.2, 0.25) is 0 Å².